The Balaban J connectivity index is 1.31. The van der Waals surface area contributed by atoms with Gasteiger partial charge in [-0.2, -0.15) is 0 Å². The van der Waals surface area contributed by atoms with Crippen molar-refractivity contribution in [1.82, 2.24) is 10.6 Å². The van der Waals surface area contributed by atoms with Crippen LogP contribution in [-0.2, 0) is 19.2 Å². The van der Waals surface area contributed by atoms with E-state index >= 15 is 0 Å². The molecule has 0 bridgehead atoms. The van der Waals surface area contributed by atoms with Crippen LogP contribution in [-0.4, -0.2) is 46.4 Å². The number of para-hydroxylation sites is 2. The Morgan fingerprint density at radius 2 is 0.783 bits per heavy atom. The minimum Gasteiger partial charge on any atom is -0.382 e. The number of nitrogens with zero attached hydrogens (tertiary/aromatic N) is 2. The fourth-order valence-electron chi connectivity index (χ4n) is 5.34. The molecule has 2 heterocycles. The lowest BCUT2D eigenvalue weighted by Crippen LogP contribution is -2.30. The first-order chi connectivity index (χ1) is 22.4. The van der Waals surface area contributed by atoms with E-state index in [1.807, 2.05) is 72.8 Å². The van der Waals surface area contributed by atoms with Crippen molar-refractivity contribution >= 4 is 80.6 Å². The Hall–Kier alpha value is -5.58. The van der Waals surface area contributed by atoms with Crippen LogP contribution in [0.5, 0.6) is 0 Å². The van der Waals surface area contributed by atoms with Crippen LogP contribution in [0.25, 0.3) is 11.4 Å². The van der Waals surface area contributed by atoms with Crippen molar-refractivity contribution in [3.63, 3.8) is 0 Å². The van der Waals surface area contributed by atoms with Gasteiger partial charge in [0.2, 0.25) is 0 Å². The molecular weight excluding hydrogens is 617 g/mol. The Kier molecular flexibility index (Phi) is 8.73. The molecule has 0 radical (unpaired) electrons. The van der Waals surface area contributed by atoms with Gasteiger partial charge in [0.15, 0.2) is 0 Å². The zero-order chi connectivity index (χ0) is 32.2. The lowest BCUT2D eigenvalue weighted by molar-refractivity contribution is -0.132. The minimum atomic E-state index is -0.725. The lowest BCUT2D eigenvalue weighted by atomic mass is 10.0. The normalized spacial score (nSPS) is 17.1. The summed E-state index contributed by atoms with van der Waals surface area (Å²) in [6.07, 6.45) is 0. The molecule has 8 nitrogen and oxygen atoms in total. The van der Waals surface area contributed by atoms with Crippen molar-refractivity contribution in [2.24, 2.45) is 0 Å². The highest BCUT2D eigenvalue weighted by Gasteiger charge is 2.43. The zero-order valence-electron chi connectivity index (χ0n) is 24.3. The van der Waals surface area contributed by atoms with Gasteiger partial charge in [-0.25, -0.2) is 0 Å². The van der Waals surface area contributed by atoms with Crippen molar-refractivity contribution in [3.8, 4) is 0 Å². The van der Waals surface area contributed by atoms with Crippen LogP contribution >= 0.6 is 24.4 Å². The van der Waals surface area contributed by atoms with Crippen LogP contribution < -0.4 is 20.4 Å². The zero-order valence-corrected chi connectivity index (χ0v) is 25.9. The fraction of sp³-hybridized carbons (Fsp3) is 0.0556. The van der Waals surface area contributed by atoms with E-state index in [4.69, 9.17) is 24.4 Å². The molecule has 46 heavy (non-hydrogen) atoms. The molecule has 4 aromatic carbocycles. The summed E-state index contributed by atoms with van der Waals surface area (Å²) in [5.41, 5.74) is 3.39. The molecule has 2 aliphatic heterocycles. The average molecular weight is 643 g/mol. The number of Topliss-reactive ketones (excluding diaryl/α,β-unsaturated/α-hetero) is 2. The highest BCUT2D eigenvalue weighted by atomic mass is 32.1. The summed E-state index contributed by atoms with van der Waals surface area (Å²) >= 11 is 11.4. The topological polar surface area (TPSA) is 98.8 Å². The molecule has 0 aromatic heterocycles. The average Bonchev–Trinajstić information content (AvgIpc) is 3.45. The van der Waals surface area contributed by atoms with Gasteiger partial charge in [0, 0.05) is 13.1 Å². The maximum atomic E-state index is 13.4. The Labute approximate surface area is 276 Å². The quantitative estimate of drug-likeness (QED) is 0.116. The molecule has 0 atom stereocenters. The van der Waals surface area contributed by atoms with Gasteiger partial charge in [0.1, 0.15) is 9.98 Å². The van der Waals surface area contributed by atoms with Gasteiger partial charge in [-0.15, -0.1) is 0 Å². The lowest BCUT2D eigenvalue weighted by Gasteiger charge is -2.19. The van der Waals surface area contributed by atoms with Crippen molar-refractivity contribution in [2.75, 3.05) is 22.9 Å². The van der Waals surface area contributed by atoms with E-state index in [-0.39, 0.29) is 34.2 Å². The molecule has 226 valence electrons. The van der Waals surface area contributed by atoms with Crippen molar-refractivity contribution in [1.29, 1.82) is 0 Å². The number of carbonyl (C=O) groups excluding carboxylic acids is 4. The van der Waals surface area contributed by atoms with Crippen LogP contribution in [0.1, 0.15) is 11.1 Å². The molecule has 2 fully saturated rings. The molecule has 2 N–H and O–H groups in total. The first-order valence-corrected chi connectivity index (χ1v) is 15.2. The molecule has 6 rings (SSSR count). The predicted octanol–water partition coefficient (Wildman–Crippen LogP) is 4.87. The largest absolute Gasteiger partial charge is 0.382 e. The molecule has 0 aliphatic carbocycles. The smallest absolute Gasteiger partial charge is 0.304 e. The van der Waals surface area contributed by atoms with Gasteiger partial charge in [0.25, 0.3) is 11.6 Å². The van der Waals surface area contributed by atoms with Gasteiger partial charge in [-0.1, -0.05) is 121 Å². The van der Waals surface area contributed by atoms with E-state index in [0.717, 1.165) is 0 Å². The Morgan fingerprint density at radius 3 is 1.11 bits per heavy atom. The summed E-state index contributed by atoms with van der Waals surface area (Å²) in [5, 5.41) is 6.61. The molecule has 0 unspecified atom stereocenters. The van der Waals surface area contributed by atoms with E-state index in [2.05, 4.69) is 10.6 Å². The number of hydrogen-bond donors (Lipinski definition) is 2. The van der Waals surface area contributed by atoms with Crippen LogP contribution in [0, 0.1) is 0 Å². The maximum absolute atomic E-state index is 13.4. The number of anilines is 2. The van der Waals surface area contributed by atoms with Crippen molar-refractivity contribution in [3.05, 3.63) is 144 Å². The fourth-order valence-corrected chi connectivity index (χ4v) is 6.10. The van der Waals surface area contributed by atoms with E-state index in [1.165, 1.54) is 9.80 Å². The molecule has 10 heteroatoms. The van der Waals surface area contributed by atoms with Gasteiger partial charge in [-0.05, 0) is 35.4 Å². The SMILES string of the molecule is O=C1C(=O)N(c2ccccc2)C(=S)/C1=C(\NCCN/C(=C1/C(=O)C(=O)N(c2ccccc2)C1=S)c1ccccc1)c1ccccc1. The first-order valence-electron chi connectivity index (χ1n) is 14.4. The van der Waals surface area contributed by atoms with Crippen molar-refractivity contribution in [2.45, 2.75) is 0 Å². The van der Waals surface area contributed by atoms with Gasteiger partial charge >= 0.3 is 11.8 Å². The molecular formula is C36H26N4O4S2. The number of rotatable bonds is 9. The molecule has 0 saturated carbocycles. The summed E-state index contributed by atoms with van der Waals surface area (Å²) in [4.78, 5) is 55.7. The summed E-state index contributed by atoms with van der Waals surface area (Å²) in [6, 6.07) is 35.9. The molecule has 2 amide bonds. The van der Waals surface area contributed by atoms with Gasteiger partial charge in [0.05, 0.1) is 33.9 Å². The van der Waals surface area contributed by atoms with Crippen molar-refractivity contribution < 1.29 is 19.2 Å². The summed E-state index contributed by atoms with van der Waals surface area (Å²) in [7, 11) is 0. The summed E-state index contributed by atoms with van der Waals surface area (Å²) in [5.74, 6) is -2.86. The number of amides is 2. The maximum Gasteiger partial charge on any atom is 0.304 e. The monoisotopic (exact) mass is 642 g/mol. The predicted molar refractivity (Wildman–Crippen MR) is 186 cm³/mol. The van der Waals surface area contributed by atoms with Crippen LogP contribution in [0.3, 0.4) is 0 Å². The van der Waals surface area contributed by atoms with E-state index in [1.54, 1.807) is 48.5 Å². The Bertz CT molecular complexity index is 1800. The molecule has 2 aliphatic rings. The van der Waals surface area contributed by atoms with E-state index in [0.29, 0.717) is 33.9 Å². The van der Waals surface area contributed by atoms with Gasteiger partial charge in [-0.3, -0.25) is 29.0 Å². The summed E-state index contributed by atoms with van der Waals surface area (Å²) in [6.45, 7) is 0.508. The number of benzene rings is 4. The van der Waals surface area contributed by atoms with Crippen LogP contribution in [0.2, 0.25) is 0 Å². The molecule has 4 aromatic rings. The third-order valence-electron chi connectivity index (χ3n) is 7.46. The highest BCUT2D eigenvalue weighted by molar-refractivity contribution is 7.81. The summed E-state index contributed by atoms with van der Waals surface area (Å²) < 4.78 is 0. The third kappa shape index (κ3) is 5.67. The standard InChI is InChI=1S/C36H26N4O4S2/c41-31-27(35(45)39(33(31)43)25-17-9-3-10-18-25)29(23-13-5-1-6-14-23)37-21-22-38-30(24-15-7-2-8-16-24)28-32(42)34(44)40(36(28)46)26-19-11-4-12-20-26/h1-20,37-38H,21-22H2/b29-27-,30-28-. The van der Waals surface area contributed by atoms with Crippen LogP contribution in [0.15, 0.2) is 132 Å². The van der Waals surface area contributed by atoms with Gasteiger partial charge < -0.3 is 10.6 Å². The number of ketones is 2. The molecule has 0 spiro atoms. The highest BCUT2D eigenvalue weighted by Crippen LogP contribution is 2.31. The second-order valence-electron chi connectivity index (χ2n) is 10.3. The Morgan fingerprint density at radius 1 is 0.478 bits per heavy atom. The van der Waals surface area contributed by atoms with E-state index < -0.39 is 23.4 Å². The van der Waals surface area contributed by atoms with E-state index in [9.17, 15) is 19.2 Å². The first kappa shape index (κ1) is 30.4. The molecule has 2 saturated heterocycles. The number of thiocarbonyl (C=S) groups is 2. The number of hydrogen-bond acceptors (Lipinski definition) is 8. The second-order valence-corrected chi connectivity index (χ2v) is 11.1. The number of carbonyl (C=O) groups is 4. The second kappa shape index (κ2) is 13.2. The minimum absolute atomic E-state index is 0.105. The van der Waals surface area contributed by atoms with Crippen LogP contribution in [0.4, 0.5) is 11.4 Å². The third-order valence-corrected chi connectivity index (χ3v) is 8.24. The number of nitrogens with one attached hydrogen (secondary N) is 2.